The SMILES string of the molecule is COc1cc(OCC(=O)O)c(/C=C/C(=O)c2cc(OC)c(OC)c(OC)c2)cc1P. The van der Waals surface area contributed by atoms with Crippen LogP contribution in [-0.4, -0.2) is 51.9 Å². The third-order valence-corrected chi connectivity index (χ3v) is 4.53. The first-order chi connectivity index (χ1) is 14.3. The van der Waals surface area contributed by atoms with Crippen LogP contribution in [0.2, 0.25) is 0 Å². The van der Waals surface area contributed by atoms with Gasteiger partial charge in [-0.25, -0.2) is 4.79 Å². The molecule has 0 aliphatic heterocycles. The molecule has 1 unspecified atom stereocenters. The lowest BCUT2D eigenvalue weighted by Gasteiger charge is -2.13. The number of hydrogen-bond donors (Lipinski definition) is 1. The highest BCUT2D eigenvalue weighted by atomic mass is 31.0. The predicted octanol–water partition coefficient (Wildman–Crippen LogP) is 2.58. The number of carbonyl (C=O) groups excluding carboxylic acids is 1. The zero-order chi connectivity index (χ0) is 22.3. The Morgan fingerprint density at radius 1 is 0.900 bits per heavy atom. The van der Waals surface area contributed by atoms with Crippen LogP contribution in [0.1, 0.15) is 15.9 Å². The Kier molecular flexibility index (Phi) is 8.07. The first-order valence-corrected chi connectivity index (χ1v) is 9.26. The van der Waals surface area contributed by atoms with E-state index in [9.17, 15) is 9.59 Å². The molecule has 2 aromatic carbocycles. The number of aliphatic carboxylic acids is 1. The van der Waals surface area contributed by atoms with Gasteiger partial charge in [0.25, 0.3) is 0 Å². The Morgan fingerprint density at radius 3 is 2.00 bits per heavy atom. The minimum Gasteiger partial charge on any atom is -0.496 e. The molecule has 0 spiro atoms. The fourth-order valence-corrected chi connectivity index (χ4v) is 3.03. The van der Waals surface area contributed by atoms with Gasteiger partial charge in [-0.15, -0.1) is 9.24 Å². The third kappa shape index (κ3) is 5.42. The Bertz CT molecular complexity index is 943. The highest BCUT2D eigenvalue weighted by molar-refractivity contribution is 7.27. The van der Waals surface area contributed by atoms with Crippen molar-refractivity contribution in [2.24, 2.45) is 0 Å². The fourth-order valence-electron chi connectivity index (χ4n) is 2.65. The highest BCUT2D eigenvalue weighted by Gasteiger charge is 2.16. The number of methoxy groups -OCH3 is 4. The third-order valence-electron chi connectivity index (χ3n) is 4.08. The van der Waals surface area contributed by atoms with E-state index < -0.39 is 12.6 Å². The Hall–Kier alpha value is -3.25. The lowest BCUT2D eigenvalue weighted by atomic mass is 10.1. The fraction of sp³-hybridized carbons (Fsp3) is 0.238. The van der Waals surface area contributed by atoms with Crippen LogP contribution in [-0.2, 0) is 4.79 Å². The Balaban J connectivity index is 2.40. The van der Waals surface area contributed by atoms with Gasteiger partial charge in [-0.05, 0) is 30.4 Å². The van der Waals surface area contributed by atoms with Crippen LogP contribution in [0, 0.1) is 0 Å². The summed E-state index contributed by atoms with van der Waals surface area (Å²) in [5.74, 6) is 0.439. The van der Waals surface area contributed by atoms with Gasteiger partial charge in [-0.3, -0.25) is 4.79 Å². The molecule has 0 aromatic heterocycles. The molecule has 0 saturated carbocycles. The van der Waals surface area contributed by atoms with Gasteiger partial charge in [0.15, 0.2) is 23.9 Å². The topological polar surface area (TPSA) is 101 Å². The highest BCUT2D eigenvalue weighted by Crippen LogP contribution is 2.38. The van der Waals surface area contributed by atoms with Crippen molar-refractivity contribution in [3.63, 3.8) is 0 Å². The number of carbonyl (C=O) groups is 2. The van der Waals surface area contributed by atoms with Crippen molar-refractivity contribution in [3.8, 4) is 28.7 Å². The van der Waals surface area contributed by atoms with Gasteiger partial charge in [-0.1, -0.05) is 0 Å². The van der Waals surface area contributed by atoms with Crippen molar-refractivity contribution in [1.82, 2.24) is 0 Å². The second kappa shape index (κ2) is 10.5. The first-order valence-electron chi connectivity index (χ1n) is 8.69. The molecular weight excluding hydrogens is 411 g/mol. The molecule has 2 aromatic rings. The van der Waals surface area contributed by atoms with Crippen LogP contribution in [0.15, 0.2) is 30.3 Å². The predicted molar refractivity (Wildman–Crippen MR) is 115 cm³/mol. The van der Waals surface area contributed by atoms with E-state index in [1.54, 1.807) is 24.3 Å². The van der Waals surface area contributed by atoms with Crippen LogP contribution in [0.25, 0.3) is 6.08 Å². The summed E-state index contributed by atoms with van der Waals surface area (Å²) >= 11 is 0. The van der Waals surface area contributed by atoms with E-state index in [1.807, 2.05) is 0 Å². The maximum atomic E-state index is 12.7. The molecule has 1 N–H and O–H groups in total. The zero-order valence-electron chi connectivity index (χ0n) is 17.1. The average Bonchev–Trinajstić information content (AvgIpc) is 2.75. The summed E-state index contributed by atoms with van der Waals surface area (Å²) in [5, 5.41) is 9.61. The van der Waals surface area contributed by atoms with Crippen molar-refractivity contribution < 1.29 is 38.4 Å². The second-order valence-corrected chi connectivity index (χ2v) is 6.55. The van der Waals surface area contributed by atoms with Crippen LogP contribution in [0.4, 0.5) is 0 Å². The Morgan fingerprint density at radius 2 is 1.50 bits per heavy atom. The first kappa shape index (κ1) is 23.0. The van der Waals surface area contributed by atoms with Gasteiger partial charge in [-0.2, -0.15) is 0 Å². The summed E-state index contributed by atoms with van der Waals surface area (Å²) in [7, 11) is 8.41. The van der Waals surface area contributed by atoms with Crippen molar-refractivity contribution in [2.75, 3.05) is 35.0 Å². The van der Waals surface area contributed by atoms with Gasteiger partial charge in [0.05, 0.1) is 28.4 Å². The molecule has 8 nitrogen and oxygen atoms in total. The molecule has 0 bridgehead atoms. The second-order valence-electron chi connectivity index (χ2n) is 5.93. The van der Waals surface area contributed by atoms with Gasteiger partial charge in [0.2, 0.25) is 5.75 Å². The summed E-state index contributed by atoms with van der Waals surface area (Å²) in [4.78, 5) is 23.6. The number of ketones is 1. The van der Waals surface area contributed by atoms with E-state index in [0.29, 0.717) is 34.1 Å². The number of rotatable bonds is 10. The molecule has 0 fully saturated rings. The number of allylic oxidation sites excluding steroid dienone is 1. The van der Waals surface area contributed by atoms with Crippen LogP contribution in [0.3, 0.4) is 0 Å². The average molecular weight is 434 g/mol. The number of carboxylic acid groups (broad SMARTS) is 1. The van der Waals surface area contributed by atoms with Crippen LogP contribution >= 0.6 is 9.24 Å². The molecule has 0 aliphatic carbocycles. The maximum absolute atomic E-state index is 12.7. The summed E-state index contributed by atoms with van der Waals surface area (Å²) < 4.78 is 26.4. The molecule has 9 heteroatoms. The molecule has 0 radical (unpaired) electrons. The van der Waals surface area contributed by atoms with Gasteiger partial charge in [0, 0.05) is 22.5 Å². The van der Waals surface area contributed by atoms with E-state index in [2.05, 4.69) is 9.24 Å². The van der Waals surface area contributed by atoms with Gasteiger partial charge < -0.3 is 28.8 Å². The quantitative estimate of drug-likeness (QED) is 0.346. The van der Waals surface area contributed by atoms with E-state index in [4.69, 9.17) is 28.8 Å². The standard InChI is InChI=1S/C21H23O8P/c1-25-16-10-15(29-11-20(23)24)12(9-19(16)30)5-6-14(22)13-7-17(26-2)21(28-4)18(8-13)27-3/h5-10H,11,30H2,1-4H3,(H,23,24)/b6-5+. The smallest absolute Gasteiger partial charge is 0.341 e. The molecule has 0 saturated heterocycles. The maximum Gasteiger partial charge on any atom is 0.341 e. The number of ether oxygens (including phenoxy) is 5. The number of hydrogen-bond acceptors (Lipinski definition) is 7. The van der Waals surface area contributed by atoms with Crippen molar-refractivity contribution in [2.45, 2.75) is 0 Å². The molecule has 0 amide bonds. The molecule has 0 heterocycles. The lowest BCUT2D eigenvalue weighted by molar-refractivity contribution is -0.139. The molecule has 160 valence electrons. The monoisotopic (exact) mass is 434 g/mol. The molecule has 1 atom stereocenters. The summed E-state index contributed by atoms with van der Waals surface area (Å²) in [6, 6.07) is 6.37. The number of carboxylic acids is 1. The summed E-state index contributed by atoms with van der Waals surface area (Å²) in [6.07, 6.45) is 2.88. The Labute approximate surface area is 176 Å². The van der Waals surface area contributed by atoms with E-state index in [-0.39, 0.29) is 11.5 Å². The van der Waals surface area contributed by atoms with Crippen molar-refractivity contribution >= 4 is 32.4 Å². The van der Waals surface area contributed by atoms with Gasteiger partial charge in [0.1, 0.15) is 11.5 Å². The minimum atomic E-state index is -1.12. The van der Waals surface area contributed by atoms with E-state index in [0.717, 1.165) is 5.30 Å². The van der Waals surface area contributed by atoms with E-state index in [1.165, 1.54) is 40.6 Å². The van der Waals surface area contributed by atoms with Crippen LogP contribution < -0.4 is 29.0 Å². The molecular formula is C21H23O8P. The zero-order valence-corrected chi connectivity index (χ0v) is 18.2. The van der Waals surface area contributed by atoms with Crippen molar-refractivity contribution in [3.05, 3.63) is 41.5 Å². The largest absolute Gasteiger partial charge is 0.496 e. The normalized spacial score (nSPS) is 10.6. The molecule has 30 heavy (non-hydrogen) atoms. The van der Waals surface area contributed by atoms with Gasteiger partial charge >= 0.3 is 5.97 Å². The lowest BCUT2D eigenvalue weighted by Crippen LogP contribution is -2.11. The van der Waals surface area contributed by atoms with E-state index >= 15 is 0 Å². The van der Waals surface area contributed by atoms with Crippen molar-refractivity contribution in [1.29, 1.82) is 0 Å². The summed E-state index contributed by atoms with van der Waals surface area (Å²) in [6.45, 7) is -0.527. The molecule has 2 rings (SSSR count). The number of benzene rings is 2. The molecule has 0 aliphatic rings. The minimum absolute atomic E-state index is 0.273. The van der Waals surface area contributed by atoms with Crippen LogP contribution in [0.5, 0.6) is 28.7 Å². The summed E-state index contributed by atoms with van der Waals surface area (Å²) in [5.41, 5.74) is 0.844.